The summed E-state index contributed by atoms with van der Waals surface area (Å²) in [5.41, 5.74) is 0.840. The maximum absolute atomic E-state index is 11.7. The highest BCUT2D eigenvalue weighted by atomic mass is 16.6. The van der Waals surface area contributed by atoms with Crippen LogP contribution in [0.2, 0.25) is 0 Å². The van der Waals surface area contributed by atoms with Crippen LogP contribution in [0.4, 0.5) is 16.2 Å². The van der Waals surface area contributed by atoms with Crippen LogP contribution in [0.1, 0.15) is 12.0 Å². The first-order chi connectivity index (χ1) is 9.06. The molecule has 1 atom stereocenters. The number of urea groups is 1. The van der Waals surface area contributed by atoms with Crippen molar-refractivity contribution in [2.75, 3.05) is 18.5 Å². The maximum atomic E-state index is 11.7. The van der Waals surface area contributed by atoms with Crippen molar-refractivity contribution < 1.29 is 14.5 Å². The first kappa shape index (κ1) is 13.3. The van der Waals surface area contributed by atoms with Gasteiger partial charge in [-0.3, -0.25) is 10.1 Å². The average Bonchev–Trinajstić information content (AvgIpc) is 2.83. The Morgan fingerprint density at radius 3 is 2.95 bits per heavy atom. The molecule has 1 aromatic carbocycles. The number of rotatable bonds is 3. The number of hydrogen-bond donors (Lipinski definition) is 2. The zero-order chi connectivity index (χ0) is 13.8. The highest BCUT2D eigenvalue weighted by Crippen LogP contribution is 2.25. The molecule has 0 radical (unpaired) electrons. The summed E-state index contributed by atoms with van der Waals surface area (Å²) in [6.07, 6.45) is 0.753. The SMILES string of the molecule is Cc1ccc(NC(=O)NC2CCOC2)c([N+](=O)[O-])c1. The Kier molecular flexibility index (Phi) is 3.96. The second-order valence-corrected chi connectivity index (χ2v) is 4.44. The summed E-state index contributed by atoms with van der Waals surface area (Å²) in [4.78, 5) is 22.1. The van der Waals surface area contributed by atoms with Gasteiger partial charge in [-0.25, -0.2) is 4.79 Å². The van der Waals surface area contributed by atoms with Crippen molar-refractivity contribution in [2.45, 2.75) is 19.4 Å². The first-order valence-electron chi connectivity index (χ1n) is 5.96. The van der Waals surface area contributed by atoms with Gasteiger partial charge in [-0.2, -0.15) is 0 Å². The molecule has 1 aliphatic heterocycles. The van der Waals surface area contributed by atoms with E-state index in [0.29, 0.717) is 13.2 Å². The molecule has 19 heavy (non-hydrogen) atoms. The van der Waals surface area contributed by atoms with Crippen LogP contribution in [0, 0.1) is 17.0 Å². The highest BCUT2D eigenvalue weighted by molar-refractivity contribution is 5.92. The molecule has 1 fully saturated rings. The smallest absolute Gasteiger partial charge is 0.319 e. The first-order valence-corrected chi connectivity index (χ1v) is 5.96. The minimum Gasteiger partial charge on any atom is -0.379 e. The summed E-state index contributed by atoms with van der Waals surface area (Å²) >= 11 is 0. The molecule has 0 bridgehead atoms. The number of amides is 2. The van der Waals surface area contributed by atoms with E-state index in [1.165, 1.54) is 12.1 Å². The zero-order valence-corrected chi connectivity index (χ0v) is 10.5. The van der Waals surface area contributed by atoms with Crippen LogP contribution in [0.3, 0.4) is 0 Å². The highest BCUT2D eigenvalue weighted by Gasteiger charge is 2.20. The Bertz CT molecular complexity index is 498. The van der Waals surface area contributed by atoms with E-state index in [1.54, 1.807) is 13.0 Å². The Labute approximate surface area is 110 Å². The topological polar surface area (TPSA) is 93.5 Å². The number of nitrogens with zero attached hydrogens (tertiary/aromatic N) is 1. The molecule has 1 aromatic rings. The van der Waals surface area contributed by atoms with E-state index in [2.05, 4.69) is 10.6 Å². The van der Waals surface area contributed by atoms with E-state index in [4.69, 9.17) is 4.74 Å². The van der Waals surface area contributed by atoms with Crippen LogP contribution in [-0.4, -0.2) is 30.2 Å². The minimum absolute atomic E-state index is 0.0375. The summed E-state index contributed by atoms with van der Waals surface area (Å²) in [7, 11) is 0. The average molecular weight is 265 g/mol. The zero-order valence-electron chi connectivity index (χ0n) is 10.5. The van der Waals surface area contributed by atoms with Crippen LogP contribution in [-0.2, 0) is 4.74 Å². The molecule has 1 aliphatic rings. The molecule has 1 unspecified atom stereocenters. The summed E-state index contributed by atoms with van der Waals surface area (Å²) in [6, 6.07) is 4.17. The predicted molar refractivity (Wildman–Crippen MR) is 69.2 cm³/mol. The molecule has 0 aliphatic carbocycles. The van der Waals surface area contributed by atoms with E-state index < -0.39 is 11.0 Å². The monoisotopic (exact) mass is 265 g/mol. The molecule has 2 N–H and O–H groups in total. The van der Waals surface area contributed by atoms with Crippen molar-refractivity contribution in [2.24, 2.45) is 0 Å². The minimum atomic E-state index is -0.513. The van der Waals surface area contributed by atoms with Gasteiger partial charge in [0.15, 0.2) is 0 Å². The van der Waals surface area contributed by atoms with E-state index in [1.807, 2.05) is 0 Å². The van der Waals surface area contributed by atoms with E-state index >= 15 is 0 Å². The van der Waals surface area contributed by atoms with Gasteiger partial charge in [-0.1, -0.05) is 6.07 Å². The van der Waals surface area contributed by atoms with E-state index in [-0.39, 0.29) is 17.4 Å². The van der Waals surface area contributed by atoms with Gasteiger partial charge in [0.05, 0.1) is 17.6 Å². The maximum Gasteiger partial charge on any atom is 0.319 e. The summed E-state index contributed by atoms with van der Waals surface area (Å²) in [5.74, 6) is 0. The molecule has 0 spiro atoms. The summed E-state index contributed by atoms with van der Waals surface area (Å²) in [5, 5.41) is 16.1. The number of anilines is 1. The van der Waals surface area contributed by atoms with Gasteiger partial charge < -0.3 is 15.4 Å². The Balaban J connectivity index is 2.05. The fourth-order valence-electron chi connectivity index (χ4n) is 1.89. The van der Waals surface area contributed by atoms with Crippen molar-refractivity contribution >= 4 is 17.4 Å². The van der Waals surface area contributed by atoms with Crippen molar-refractivity contribution in [3.63, 3.8) is 0 Å². The van der Waals surface area contributed by atoms with Crippen molar-refractivity contribution in [1.29, 1.82) is 0 Å². The normalized spacial score (nSPS) is 18.1. The number of nitro benzene ring substituents is 1. The van der Waals surface area contributed by atoms with Crippen molar-refractivity contribution in [3.05, 3.63) is 33.9 Å². The molecule has 1 heterocycles. The number of carbonyl (C=O) groups is 1. The molecule has 0 aromatic heterocycles. The fourth-order valence-corrected chi connectivity index (χ4v) is 1.89. The number of hydrogen-bond acceptors (Lipinski definition) is 4. The van der Waals surface area contributed by atoms with Crippen LogP contribution in [0.25, 0.3) is 0 Å². The quantitative estimate of drug-likeness (QED) is 0.643. The second-order valence-electron chi connectivity index (χ2n) is 4.44. The number of benzene rings is 1. The van der Waals surface area contributed by atoms with Crippen LogP contribution in [0.5, 0.6) is 0 Å². The standard InChI is InChI=1S/C12H15N3O4/c1-8-2-3-10(11(6-8)15(17)18)14-12(16)13-9-4-5-19-7-9/h2-3,6,9H,4-5,7H2,1H3,(H2,13,14,16). The molecule has 1 saturated heterocycles. The van der Waals surface area contributed by atoms with Crippen molar-refractivity contribution in [1.82, 2.24) is 5.32 Å². The van der Waals surface area contributed by atoms with Crippen LogP contribution in [0.15, 0.2) is 18.2 Å². The van der Waals surface area contributed by atoms with Gasteiger partial charge >= 0.3 is 6.03 Å². The lowest BCUT2D eigenvalue weighted by atomic mass is 10.2. The van der Waals surface area contributed by atoms with Gasteiger partial charge in [-0.15, -0.1) is 0 Å². The summed E-state index contributed by atoms with van der Waals surface area (Å²) in [6.45, 7) is 2.85. The number of nitro groups is 1. The number of carbonyl (C=O) groups excluding carboxylic acids is 1. The molecule has 7 heteroatoms. The lowest BCUT2D eigenvalue weighted by Crippen LogP contribution is -2.38. The molecule has 7 nitrogen and oxygen atoms in total. The van der Waals surface area contributed by atoms with E-state index in [9.17, 15) is 14.9 Å². The molecule has 2 rings (SSSR count). The third-order valence-electron chi connectivity index (χ3n) is 2.86. The van der Waals surface area contributed by atoms with Gasteiger partial charge in [-0.05, 0) is 25.0 Å². The second kappa shape index (κ2) is 5.66. The summed E-state index contributed by atoms with van der Waals surface area (Å²) < 4.78 is 5.14. The number of ether oxygens (including phenoxy) is 1. The third kappa shape index (κ3) is 3.41. The van der Waals surface area contributed by atoms with Gasteiger partial charge in [0.2, 0.25) is 0 Å². The van der Waals surface area contributed by atoms with Crippen molar-refractivity contribution in [3.8, 4) is 0 Å². The molecular weight excluding hydrogens is 250 g/mol. The predicted octanol–water partition coefficient (Wildman–Crippen LogP) is 1.81. The van der Waals surface area contributed by atoms with Crippen LogP contribution >= 0.6 is 0 Å². The van der Waals surface area contributed by atoms with Gasteiger partial charge in [0, 0.05) is 12.7 Å². The largest absolute Gasteiger partial charge is 0.379 e. The molecule has 102 valence electrons. The number of aryl methyl sites for hydroxylation is 1. The van der Waals surface area contributed by atoms with Gasteiger partial charge in [0.25, 0.3) is 5.69 Å². The molecule has 2 amide bonds. The molecular formula is C12H15N3O4. The number of nitrogens with one attached hydrogen (secondary N) is 2. The Morgan fingerprint density at radius 1 is 1.53 bits per heavy atom. The van der Waals surface area contributed by atoms with E-state index in [0.717, 1.165) is 12.0 Å². The lowest BCUT2D eigenvalue weighted by molar-refractivity contribution is -0.384. The Hall–Kier alpha value is -2.15. The third-order valence-corrected chi connectivity index (χ3v) is 2.86. The Morgan fingerprint density at radius 2 is 2.32 bits per heavy atom. The van der Waals surface area contributed by atoms with Crippen LogP contribution < -0.4 is 10.6 Å². The van der Waals surface area contributed by atoms with Gasteiger partial charge in [0.1, 0.15) is 5.69 Å². The fraction of sp³-hybridized carbons (Fsp3) is 0.417. The molecule has 0 saturated carbocycles. The lowest BCUT2D eigenvalue weighted by Gasteiger charge is -2.12.